The zero-order chi connectivity index (χ0) is 15.1. The number of aliphatic hydroxyl groups is 1. The molecule has 4 nitrogen and oxygen atoms in total. The third kappa shape index (κ3) is 5.42. The van der Waals surface area contributed by atoms with Gasteiger partial charge < -0.3 is 10.4 Å². The van der Waals surface area contributed by atoms with Gasteiger partial charge in [0.25, 0.3) is 5.91 Å². The standard InChI is InChI=1S/C14H24N2O2S2/c1-9(2)7-12-15-10(3)13(20-12)14(18)16-11(5-6-17)8-19-4/h9,11,17H,5-8H2,1-4H3,(H,16,18). The molecule has 0 aliphatic heterocycles. The first kappa shape index (κ1) is 17.5. The van der Waals surface area contributed by atoms with Gasteiger partial charge in [0.05, 0.1) is 10.7 Å². The second kappa shape index (κ2) is 8.64. The average molecular weight is 316 g/mol. The van der Waals surface area contributed by atoms with E-state index in [0.29, 0.717) is 17.2 Å². The summed E-state index contributed by atoms with van der Waals surface area (Å²) in [5, 5.41) is 13.0. The van der Waals surface area contributed by atoms with Crippen LogP contribution in [0.4, 0.5) is 0 Å². The van der Waals surface area contributed by atoms with Crippen LogP contribution in [0.2, 0.25) is 0 Å². The van der Waals surface area contributed by atoms with E-state index in [4.69, 9.17) is 5.11 Å². The van der Waals surface area contributed by atoms with Crippen LogP contribution in [0.15, 0.2) is 0 Å². The van der Waals surface area contributed by atoms with Gasteiger partial charge in [-0.15, -0.1) is 11.3 Å². The average Bonchev–Trinajstić information content (AvgIpc) is 2.70. The lowest BCUT2D eigenvalue weighted by molar-refractivity contribution is 0.0938. The highest BCUT2D eigenvalue weighted by Crippen LogP contribution is 2.21. The fourth-order valence-electron chi connectivity index (χ4n) is 1.90. The first-order valence-electron chi connectivity index (χ1n) is 6.84. The number of carbonyl (C=O) groups is 1. The molecule has 0 bridgehead atoms. The number of nitrogens with one attached hydrogen (secondary N) is 1. The summed E-state index contributed by atoms with van der Waals surface area (Å²) in [5.74, 6) is 1.28. The number of aryl methyl sites for hydroxylation is 1. The number of carbonyl (C=O) groups excluding carboxylic acids is 1. The Morgan fingerprint density at radius 1 is 1.50 bits per heavy atom. The van der Waals surface area contributed by atoms with Crippen molar-refractivity contribution in [3.63, 3.8) is 0 Å². The fourth-order valence-corrected chi connectivity index (χ4v) is 3.74. The first-order valence-corrected chi connectivity index (χ1v) is 9.05. The molecule has 20 heavy (non-hydrogen) atoms. The normalized spacial score (nSPS) is 12.7. The topological polar surface area (TPSA) is 62.2 Å². The highest BCUT2D eigenvalue weighted by atomic mass is 32.2. The maximum Gasteiger partial charge on any atom is 0.263 e. The number of thiazole rings is 1. The van der Waals surface area contributed by atoms with Gasteiger partial charge in [-0.3, -0.25) is 4.79 Å². The van der Waals surface area contributed by atoms with Gasteiger partial charge in [0.15, 0.2) is 0 Å². The number of thioether (sulfide) groups is 1. The molecule has 0 aliphatic rings. The molecule has 1 aromatic heterocycles. The Labute approximate surface area is 129 Å². The second-order valence-electron chi connectivity index (χ2n) is 5.26. The summed E-state index contributed by atoms with van der Waals surface area (Å²) in [5.41, 5.74) is 0.801. The quantitative estimate of drug-likeness (QED) is 0.773. The van der Waals surface area contributed by atoms with E-state index >= 15 is 0 Å². The van der Waals surface area contributed by atoms with Crippen molar-refractivity contribution < 1.29 is 9.90 Å². The van der Waals surface area contributed by atoms with E-state index in [-0.39, 0.29) is 18.6 Å². The van der Waals surface area contributed by atoms with Crippen molar-refractivity contribution in [3.05, 3.63) is 15.6 Å². The Morgan fingerprint density at radius 2 is 2.20 bits per heavy atom. The lowest BCUT2D eigenvalue weighted by atomic mass is 10.1. The molecule has 0 saturated heterocycles. The minimum absolute atomic E-state index is 0.0116. The summed E-state index contributed by atoms with van der Waals surface area (Å²) in [6, 6.07) is 0.0116. The van der Waals surface area contributed by atoms with Gasteiger partial charge in [-0.25, -0.2) is 4.98 Å². The highest BCUT2D eigenvalue weighted by Gasteiger charge is 2.18. The van der Waals surface area contributed by atoms with Crippen LogP contribution in [0.25, 0.3) is 0 Å². The van der Waals surface area contributed by atoms with Crippen LogP contribution in [0.3, 0.4) is 0 Å². The van der Waals surface area contributed by atoms with E-state index < -0.39 is 0 Å². The van der Waals surface area contributed by atoms with Crippen molar-refractivity contribution >= 4 is 29.0 Å². The van der Waals surface area contributed by atoms with E-state index in [9.17, 15) is 4.79 Å². The van der Waals surface area contributed by atoms with Crippen LogP contribution < -0.4 is 5.32 Å². The van der Waals surface area contributed by atoms with Crippen LogP contribution in [0.5, 0.6) is 0 Å². The molecule has 0 radical (unpaired) electrons. The maximum atomic E-state index is 12.3. The summed E-state index contributed by atoms with van der Waals surface area (Å²) >= 11 is 3.15. The van der Waals surface area contributed by atoms with Crippen molar-refractivity contribution in [1.82, 2.24) is 10.3 Å². The molecule has 6 heteroatoms. The van der Waals surface area contributed by atoms with E-state index in [1.807, 2.05) is 13.2 Å². The fraction of sp³-hybridized carbons (Fsp3) is 0.714. The molecule has 114 valence electrons. The summed E-state index contributed by atoms with van der Waals surface area (Å²) in [6.45, 7) is 6.26. The predicted octanol–water partition coefficient (Wildman–Crippen LogP) is 2.49. The van der Waals surface area contributed by atoms with Crippen LogP contribution in [-0.2, 0) is 6.42 Å². The van der Waals surface area contributed by atoms with Gasteiger partial charge in [-0.05, 0) is 25.5 Å². The number of aromatic nitrogens is 1. The second-order valence-corrected chi connectivity index (χ2v) is 7.25. The molecule has 1 heterocycles. The monoisotopic (exact) mass is 316 g/mol. The van der Waals surface area contributed by atoms with Gasteiger partial charge in [0, 0.05) is 24.8 Å². The molecule has 0 aromatic carbocycles. The van der Waals surface area contributed by atoms with E-state index in [1.165, 1.54) is 11.3 Å². The predicted molar refractivity (Wildman–Crippen MR) is 86.7 cm³/mol. The number of hydrogen-bond acceptors (Lipinski definition) is 5. The molecule has 0 aliphatic carbocycles. The Kier molecular flexibility index (Phi) is 7.55. The van der Waals surface area contributed by atoms with E-state index in [1.54, 1.807) is 11.8 Å². The molecular formula is C14H24N2O2S2. The smallest absolute Gasteiger partial charge is 0.263 e. The Morgan fingerprint density at radius 3 is 2.75 bits per heavy atom. The number of rotatable bonds is 8. The highest BCUT2D eigenvalue weighted by molar-refractivity contribution is 7.98. The van der Waals surface area contributed by atoms with Crippen LogP contribution in [-0.4, -0.2) is 40.7 Å². The molecule has 1 atom stereocenters. The molecule has 0 spiro atoms. The summed E-state index contributed by atoms with van der Waals surface area (Å²) in [6.07, 6.45) is 3.49. The largest absolute Gasteiger partial charge is 0.396 e. The number of hydrogen-bond donors (Lipinski definition) is 2. The molecule has 0 saturated carbocycles. The summed E-state index contributed by atoms with van der Waals surface area (Å²) in [4.78, 5) is 17.5. The number of amides is 1. The van der Waals surface area contributed by atoms with Crippen molar-refractivity contribution in [2.24, 2.45) is 5.92 Å². The minimum atomic E-state index is -0.0671. The Bertz CT molecular complexity index is 427. The van der Waals surface area contributed by atoms with Crippen molar-refractivity contribution in [2.45, 2.75) is 39.7 Å². The van der Waals surface area contributed by atoms with Crippen molar-refractivity contribution in [3.8, 4) is 0 Å². The van der Waals surface area contributed by atoms with Gasteiger partial charge in [-0.1, -0.05) is 13.8 Å². The molecule has 2 N–H and O–H groups in total. The lowest BCUT2D eigenvalue weighted by Crippen LogP contribution is -2.37. The van der Waals surface area contributed by atoms with E-state index in [0.717, 1.165) is 22.9 Å². The third-order valence-corrected chi connectivity index (χ3v) is 4.72. The third-order valence-electron chi connectivity index (χ3n) is 2.81. The van der Waals surface area contributed by atoms with Gasteiger partial charge in [0.1, 0.15) is 4.88 Å². The molecule has 1 aromatic rings. The molecule has 1 amide bonds. The molecule has 1 rings (SSSR count). The van der Waals surface area contributed by atoms with Gasteiger partial charge >= 0.3 is 0 Å². The summed E-state index contributed by atoms with van der Waals surface area (Å²) < 4.78 is 0. The molecule has 1 unspecified atom stereocenters. The Balaban J connectivity index is 2.73. The Hall–Kier alpha value is -0.590. The summed E-state index contributed by atoms with van der Waals surface area (Å²) in [7, 11) is 0. The molecule has 0 fully saturated rings. The van der Waals surface area contributed by atoms with Crippen LogP contribution >= 0.6 is 23.1 Å². The van der Waals surface area contributed by atoms with Crippen LogP contribution in [0.1, 0.15) is 40.6 Å². The van der Waals surface area contributed by atoms with Crippen molar-refractivity contribution in [1.29, 1.82) is 0 Å². The maximum absolute atomic E-state index is 12.3. The first-order chi connectivity index (χ1) is 9.47. The van der Waals surface area contributed by atoms with Crippen molar-refractivity contribution in [2.75, 3.05) is 18.6 Å². The van der Waals surface area contributed by atoms with Gasteiger partial charge in [0.2, 0.25) is 0 Å². The van der Waals surface area contributed by atoms with Crippen LogP contribution in [0, 0.1) is 12.8 Å². The minimum Gasteiger partial charge on any atom is -0.396 e. The zero-order valence-corrected chi connectivity index (χ0v) is 14.2. The molecular weight excluding hydrogens is 292 g/mol. The van der Waals surface area contributed by atoms with E-state index in [2.05, 4.69) is 24.1 Å². The SMILES string of the molecule is CSCC(CCO)NC(=O)c1sc(CC(C)C)nc1C. The zero-order valence-electron chi connectivity index (χ0n) is 12.6. The lowest BCUT2D eigenvalue weighted by Gasteiger charge is -2.16. The number of aliphatic hydroxyl groups excluding tert-OH is 1. The number of nitrogens with zero attached hydrogens (tertiary/aromatic N) is 1. The van der Waals surface area contributed by atoms with Gasteiger partial charge in [-0.2, -0.15) is 11.8 Å².